The lowest BCUT2D eigenvalue weighted by atomic mass is 9.88. The van der Waals surface area contributed by atoms with Crippen molar-refractivity contribution in [3.05, 3.63) is 71.7 Å². The first-order valence-corrected chi connectivity index (χ1v) is 11.4. The lowest BCUT2D eigenvalue weighted by Crippen LogP contribution is -2.43. The maximum absolute atomic E-state index is 12.6. The van der Waals surface area contributed by atoms with Gasteiger partial charge in [0.25, 0.3) is 11.8 Å². The van der Waals surface area contributed by atoms with Crippen LogP contribution >= 0.6 is 0 Å². The van der Waals surface area contributed by atoms with E-state index in [9.17, 15) is 9.59 Å². The van der Waals surface area contributed by atoms with Crippen molar-refractivity contribution >= 4 is 17.5 Å². The monoisotopic (exact) mass is 432 g/mol. The first-order chi connectivity index (χ1) is 15.7. The quantitative estimate of drug-likeness (QED) is 0.672. The lowest BCUT2D eigenvalue weighted by molar-refractivity contribution is -0.142. The van der Waals surface area contributed by atoms with E-state index in [0.717, 1.165) is 50.0 Å². The maximum atomic E-state index is 12.6. The topological polar surface area (TPSA) is 75.9 Å². The van der Waals surface area contributed by atoms with Crippen molar-refractivity contribution in [3.63, 3.8) is 0 Å². The minimum absolute atomic E-state index is 0.0863. The van der Waals surface area contributed by atoms with Gasteiger partial charge in [0.1, 0.15) is 11.8 Å². The van der Waals surface area contributed by atoms with Crippen LogP contribution in [0.5, 0.6) is 0 Å². The Hall–Kier alpha value is -3.19. The molecule has 4 heterocycles. The zero-order valence-electron chi connectivity index (χ0n) is 18.1. The molecule has 2 amide bonds. The number of carbonyl (C=O) groups is 2. The predicted octanol–water partition coefficient (Wildman–Crippen LogP) is 3.15. The van der Waals surface area contributed by atoms with Crippen LogP contribution < -0.4 is 5.32 Å². The number of nitrogens with zero attached hydrogens (tertiary/aromatic N) is 3. The Morgan fingerprint density at radius 3 is 2.62 bits per heavy atom. The highest BCUT2D eigenvalue weighted by molar-refractivity contribution is 5.94. The first-order valence-electron chi connectivity index (χ1n) is 11.4. The van der Waals surface area contributed by atoms with E-state index in [4.69, 9.17) is 4.74 Å². The molecule has 0 aliphatic carbocycles. The first kappa shape index (κ1) is 20.7. The van der Waals surface area contributed by atoms with Crippen LogP contribution in [0.15, 0.2) is 55.0 Å². The van der Waals surface area contributed by atoms with Crippen molar-refractivity contribution in [2.75, 3.05) is 19.7 Å². The fourth-order valence-corrected chi connectivity index (χ4v) is 4.66. The number of benzene rings is 1. The highest BCUT2D eigenvalue weighted by atomic mass is 16.5. The Labute approximate surface area is 187 Å². The van der Waals surface area contributed by atoms with Gasteiger partial charge in [0.05, 0.1) is 0 Å². The number of hydrogen-bond donors (Lipinski definition) is 1. The van der Waals surface area contributed by atoms with Crippen molar-refractivity contribution in [1.82, 2.24) is 19.6 Å². The number of aromatic nitrogens is 2. The molecule has 7 heteroatoms. The normalized spacial score (nSPS) is 19.4. The van der Waals surface area contributed by atoms with Gasteiger partial charge in [-0.05, 0) is 67.0 Å². The fourth-order valence-electron chi connectivity index (χ4n) is 4.66. The summed E-state index contributed by atoms with van der Waals surface area (Å²) in [7, 11) is 0. The maximum Gasteiger partial charge on any atom is 0.251 e. The molecule has 0 unspecified atom stereocenters. The van der Waals surface area contributed by atoms with Crippen LogP contribution in [-0.4, -0.2) is 51.9 Å². The number of nitrogens with one attached hydrogen (secondary N) is 1. The summed E-state index contributed by atoms with van der Waals surface area (Å²) in [4.78, 5) is 31.3. The molecule has 2 fully saturated rings. The average Bonchev–Trinajstić information content (AvgIpc) is 3.54. The van der Waals surface area contributed by atoms with Crippen LogP contribution in [0, 0.1) is 0 Å². The van der Waals surface area contributed by atoms with Gasteiger partial charge in [-0.25, -0.2) is 4.98 Å². The Bertz CT molecular complexity index is 1090. The second-order valence-corrected chi connectivity index (χ2v) is 8.63. The number of likely N-dealkylation sites (tertiary alicyclic amines) is 1. The smallest absolute Gasteiger partial charge is 0.251 e. The summed E-state index contributed by atoms with van der Waals surface area (Å²) in [5, 5.41) is 2.98. The Kier molecular flexibility index (Phi) is 5.90. The van der Waals surface area contributed by atoms with Gasteiger partial charge >= 0.3 is 0 Å². The van der Waals surface area contributed by atoms with E-state index in [1.807, 2.05) is 58.1 Å². The van der Waals surface area contributed by atoms with Crippen molar-refractivity contribution in [3.8, 4) is 0 Å². The van der Waals surface area contributed by atoms with Crippen molar-refractivity contribution in [2.24, 2.45) is 0 Å². The molecule has 7 nitrogen and oxygen atoms in total. The molecule has 2 aliphatic heterocycles. The van der Waals surface area contributed by atoms with Gasteiger partial charge in [-0.1, -0.05) is 12.1 Å². The zero-order valence-corrected chi connectivity index (χ0v) is 18.1. The zero-order chi connectivity index (χ0) is 21.9. The molecule has 2 aromatic heterocycles. The fraction of sp³-hybridized carbons (Fsp3) is 0.400. The average molecular weight is 433 g/mol. The summed E-state index contributed by atoms with van der Waals surface area (Å²) >= 11 is 0. The molecule has 0 spiro atoms. The van der Waals surface area contributed by atoms with E-state index in [1.165, 1.54) is 5.56 Å². The summed E-state index contributed by atoms with van der Waals surface area (Å²) in [6, 6.07) is 11.8. The van der Waals surface area contributed by atoms with Gasteiger partial charge in [-0.2, -0.15) is 0 Å². The molecular weight excluding hydrogens is 404 g/mol. The van der Waals surface area contributed by atoms with Gasteiger partial charge in [-0.3, -0.25) is 9.59 Å². The third-order valence-corrected chi connectivity index (χ3v) is 6.57. The summed E-state index contributed by atoms with van der Waals surface area (Å²) < 4.78 is 7.48. The van der Waals surface area contributed by atoms with Crippen molar-refractivity contribution in [1.29, 1.82) is 0 Å². The molecule has 0 bridgehead atoms. The molecule has 1 N–H and O–H groups in total. The third kappa shape index (κ3) is 4.39. The molecule has 0 radical (unpaired) electrons. The van der Waals surface area contributed by atoms with E-state index in [1.54, 1.807) is 6.20 Å². The van der Waals surface area contributed by atoms with Crippen LogP contribution in [0.3, 0.4) is 0 Å². The van der Waals surface area contributed by atoms with Crippen LogP contribution in [0.2, 0.25) is 0 Å². The summed E-state index contributed by atoms with van der Waals surface area (Å²) in [6.07, 6.45) is 9.08. The minimum atomic E-state index is -0.231. The number of piperidine rings is 1. The molecule has 2 aliphatic rings. The second kappa shape index (κ2) is 9.12. The Morgan fingerprint density at radius 1 is 1.06 bits per heavy atom. The van der Waals surface area contributed by atoms with Crippen LogP contribution in [0.4, 0.5) is 0 Å². The van der Waals surface area contributed by atoms with E-state index < -0.39 is 0 Å². The molecule has 32 heavy (non-hydrogen) atoms. The van der Waals surface area contributed by atoms with Crippen LogP contribution in [0.1, 0.15) is 53.1 Å². The number of hydrogen-bond acceptors (Lipinski definition) is 4. The van der Waals surface area contributed by atoms with E-state index in [0.29, 0.717) is 24.6 Å². The van der Waals surface area contributed by atoms with Crippen LogP contribution in [-0.2, 0) is 16.1 Å². The molecule has 3 aromatic rings. The lowest BCUT2D eigenvalue weighted by Gasteiger charge is -2.33. The molecule has 5 rings (SSSR count). The van der Waals surface area contributed by atoms with Gasteiger partial charge in [0.2, 0.25) is 0 Å². The molecule has 166 valence electrons. The number of pyridine rings is 1. The van der Waals surface area contributed by atoms with Crippen molar-refractivity contribution in [2.45, 2.75) is 44.2 Å². The number of fused-ring (bicyclic) bond motifs is 1. The van der Waals surface area contributed by atoms with Crippen molar-refractivity contribution < 1.29 is 14.3 Å². The highest BCUT2D eigenvalue weighted by Crippen LogP contribution is 2.29. The SMILES string of the molecule is O=C(NCc1ccn2ccnc2c1)c1ccc(C2CCN(C(=O)[C@@H]3CCCO3)CC2)cc1. The Morgan fingerprint density at radius 2 is 1.88 bits per heavy atom. The van der Waals surface area contributed by atoms with Gasteiger partial charge in [0.15, 0.2) is 0 Å². The largest absolute Gasteiger partial charge is 0.368 e. The van der Waals surface area contributed by atoms with E-state index >= 15 is 0 Å². The number of rotatable bonds is 5. The predicted molar refractivity (Wildman–Crippen MR) is 120 cm³/mol. The Balaban J connectivity index is 1.13. The molecular formula is C25H28N4O3. The van der Waals surface area contributed by atoms with E-state index in [2.05, 4.69) is 10.3 Å². The second-order valence-electron chi connectivity index (χ2n) is 8.63. The highest BCUT2D eigenvalue weighted by Gasteiger charge is 2.31. The van der Waals surface area contributed by atoms with E-state index in [-0.39, 0.29) is 17.9 Å². The number of carbonyl (C=O) groups excluding carboxylic acids is 2. The summed E-state index contributed by atoms with van der Waals surface area (Å²) in [6.45, 7) is 2.70. The van der Waals surface area contributed by atoms with Gasteiger partial charge < -0.3 is 19.4 Å². The number of ether oxygens (including phenoxy) is 1. The minimum Gasteiger partial charge on any atom is -0.368 e. The van der Waals surface area contributed by atoms with Crippen LogP contribution in [0.25, 0.3) is 5.65 Å². The molecule has 1 atom stereocenters. The number of amides is 2. The third-order valence-electron chi connectivity index (χ3n) is 6.57. The molecule has 2 saturated heterocycles. The summed E-state index contributed by atoms with van der Waals surface area (Å²) in [5.41, 5.74) is 3.76. The number of imidazole rings is 1. The molecule has 1 aromatic carbocycles. The van der Waals surface area contributed by atoms with Gasteiger partial charge in [-0.15, -0.1) is 0 Å². The summed E-state index contributed by atoms with van der Waals surface area (Å²) in [5.74, 6) is 0.485. The standard InChI is InChI=1S/C25H28N4O3/c30-24(27-17-18-7-11-28-14-10-26-23(28)16-18)21-5-3-19(4-6-21)20-8-12-29(13-9-20)25(31)22-2-1-15-32-22/h3-7,10-11,14,16,20,22H,1-2,8-9,12-13,15,17H2,(H,27,30)/t22-/m0/s1. The van der Waals surface area contributed by atoms with Gasteiger partial charge in [0, 0.05) is 50.4 Å². The molecule has 0 saturated carbocycles.